The van der Waals surface area contributed by atoms with Crippen LogP contribution in [0.2, 0.25) is 0 Å². The van der Waals surface area contributed by atoms with Crippen LogP contribution in [0.4, 0.5) is 11.5 Å². The summed E-state index contributed by atoms with van der Waals surface area (Å²) in [5.74, 6) is 0.845. The molecular formula is C21H23N3O. The van der Waals surface area contributed by atoms with E-state index >= 15 is 0 Å². The van der Waals surface area contributed by atoms with Crippen LogP contribution in [-0.2, 0) is 0 Å². The van der Waals surface area contributed by atoms with E-state index in [1.165, 1.54) is 0 Å². The van der Waals surface area contributed by atoms with E-state index in [9.17, 15) is 5.11 Å². The zero-order chi connectivity index (χ0) is 18.1. The van der Waals surface area contributed by atoms with Crippen LogP contribution >= 0.6 is 0 Å². The molecule has 3 aromatic rings. The Morgan fingerprint density at radius 1 is 0.920 bits per heavy atom. The molecule has 0 spiro atoms. The van der Waals surface area contributed by atoms with Gasteiger partial charge in [0.1, 0.15) is 11.6 Å². The predicted octanol–water partition coefficient (Wildman–Crippen LogP) is 4.39. The third-order valence-corrected chi connectivity index (χ3v) is 4.42. The summed E-state index contributed by atoms with van der Waals surface area (Å²) in [5.41, 5.74) is 12.9. The van der Waals surface area contributed by atoms with Gasteiger partial charge in [0.2, 0.25) is 0 Å². The number of aromatic nitrogens is 1. The highest BCUT2D eigenvalue weighted by Gasteiger charge is 2.10. The molecule has 0 fully saturated rings. The highest BCUT2D eigenvalue weighted by atomic mass is 16.3. The highest BCUT2D eigenvalue weighted by Crippen LogP contribution is 2.33. The lowest BCUT2D eigenvalue weighted by Crippen LogP contribution is -2.08. The molecular weight excluding hydrogens is 310 g/mol. The van der Waals surface area contributed by atoms with Gasteiger partial charge in [0.25, 0.3) is 0 Å². The SMILES string of the molecule is Cc1cc(-c2cnc(N)c(-c3cccc(N(C)C)c3)c2)cc(C)c1O. The number of aryl methyl sites for hydroxylation is 2. The average Bonchev–Trinajstić information content (AvgIpc) is 2.59. The van der Waals surface area contributed by atoms with Crippen molar-refractivity contribution in [1.29, 1.82) is 0 Å². The van der Waals surface area contributed by atoms with E-state index < -0.39 is 0 Å². The number of nitrogens with zero attached hydrogens (tertiary/aromatic N) is 2. The Morgan fingerprint density at radius 2 is 1.60 bits per heavy atom. The fraction of sp³-hybridized carbons (Fsp3) is 0.190. The minimum atomic E-state index is 0.339. The number of nitrogens with two attached hydrogens (primary N) is 1. The Morgan fingerprint density at radius 3 is 2.24 bits per heavy atom. The van der Waals surface area contributed by atoms with E-state index in [-0.39, 0.29) is 0 Å². The zero-order valence-electron chi connectivity index (χ0n) is 15.0. The number of aromatic hydroxyl groups is 1. The van der Waals surface area contributed by atoms with Crippen LogP contribution in [0.5, 0.6) is 5.75 Å². The van der Waals surface area contributed by atoms with Crippen molar-refractivity contribution in [2.45, 2.75) is 13.8 Å². The summed E-state index contributed by atoms with van der Waals surface area (Å²) in [6.45, 7) is 3.80. The number of rotatable bonds is 3. The van der Waals surface area contributed by atoms with Gasteiger partial charge in [-0.1, -0.05) is 12.1 Å². The summed E-state index contributed by atoms with van der Waals surface area (Å²) in [4.78, 5) is 6.45. The van der Waals surface area contributed by atoms with Gasteiger partial charge in [0.15, 0.2) is 0 Å². The molecule has 0 atom stereocenters. The molecule has 1 aromatic heterocycles. The van der Waals surface area contributed by atoms with Crippen LogP contribution in [0.15, 0.2) is 48.7 Å². The minimum absolute atomic E-state index is 0.339. The fourth-order valence-corrected chi connectivity index (χ4v) is 2.94. The molecule has 0 aliphatic rings. The van der Waals surface area contributed by atoms with Gasteiger partial charge in [0, 0.05) is 37.1 Å². The van der Waals surface area contributed by atoms with Crippen molar-refractivity contribution in [2.24, 2.45) is 0 Å². The third kappa shape index (κ3) is 3.29. The lowest BCUT2D eigenvalue weighted by Gasteiger charge is -2.15. The molecule has 0 saturated carbocycles. The maximum atomic E-state index is 10.00. The Labute approximate surface area is 148 Å². The van der Waals surface area contributed by atoms with Crippen molar-refractivity contribution < 1.29 is 5.11 Å². The Hall–Kier alpha value is -3.01. The van der Waals surface area contributed by atoms with Crippen LogP contribution < -0.4 is 10.6 Å². The van der Waals surface area contributed by atoms with Crippen LogP contribution in [0.3, 0.4) is 0 Å². The van der Waals surface area contributed by atoms with Gasteiger partial charge in [-0.3, -0.25) is 0 Å². The van der Waals surface area contributed by atoms with Crippen LogP contribution in [0, 0.1) is 13.8 Å². The minimum Gasteiger partial charge on any atom is -0.507 e. The van der Waals surface area contributed by atoms with E-state index in [1.54, 1.807) is 6.20 Å². The topological polar surface area (TPSA) is 62.4 Å². The van der Waals surface area contributed by atoms with E-state index in [4.69, 9.17) is 5.73 Å². The first-order valence-corrected chi connectivity index (χ1v) is 8.20. The molecule has 128 valence electrons. The molecule has 0 amide bonds. The predicted molar refractivity (Wildman–Crippen MR) is 105 cm³/mol. The number of hydrogen-bond acceptors (Lipinski definition) is 4. The molecule has 0 radical (unpaired) electrons. The number of anilines is 2. The highest BCUT2D eigenvalue weighted by molar-refractivity contribution is 5.81. The summed E-state index contributed by atoms with van der Waals surface area (Å²) in [7, 11) is 4.03. The van der Waals surface area contributed by atoms with Gasteiger partial charge in [-0.15, -0.1) is 0 Å². The molecule has 0 bridgehead atoms. The molecule has 3 N–H and O–H groups in total. The van der Waals surface area contributed by atoms with Crippen molar-refractivity contribution in [3.8, 4) is 28.0 Å². The lowest BCUT2D eigenvalue weighted by atomic mass is 9.97. The second-order valence-corrected chi connectivity index (χ2v) is 6.56. The van der Waals surface area contributed by atoms with Crippen LogP contribution in [0.1, 0.15) is 11.1 Å². The maximum Gasteiger partial charge on any atom is 0.131 e. The zero-order valence-corrected chi connectivity index (χ0v) is 15.0. The van der Waals surface area contributed by atoms with Gasteiger partial charge in [-0.25, -0.2) is 4.98 Å². The molecule has 2 aromatic carbocycles. The van der Waals surface area contributed by atoms with Crippen molar-refractivity contribution in [3.05, 3.63) is 59.8 Å². The lowest BCUT2D eigenvalue weighted by molar-refractivity contribution is 0.467. The molecule has 1 heterocycles. The van der Waals surface area contributed by atoms with Gasteiger partial charge in [-0.2, -0.15) is 0 Å². The van der Waals surface area contributed by atoms with Gasteiger partial charge in [-0.05, 0) is 66.4 Å². The van der Waals surface area contributed by atoms with Gasteiger partial charge < -0.3 is 15.7 Å². The van der Waals surface area contributed by atoms with E-state index in [0.29, 0.717) is 11.6 Å². The number of benzene rings is 2. The molecule has 0 unspecified atom stereocenters. The van der Waals surface area contributed by atoms with Crippen molar-refractivity contribution in [3.63, 3.8) is 0 Å². The largest absolute Gasteiger partial charge is 0.507 e. The standard InChI is InChI=1S/C21H23N3O/c1-13-8-16(9-14(2)20(13)25)17-11-19(21(22)23-12-17)15-6-5-7-18(10-15)24(3)4/h5-12,25H,1-4H3,(H2,22,23). The quantitative estimate of drug-likeness (QED) is 0.746. The summed E-state index contributed by atoms with van der Waals surface area (Å²) >= 11 is 0. The summed E-state index contributed by atoms with van der Waals surface area (Å²) in [5, 5.41) is 10.00. The second kappa shape index (κ2) is 6.48. The Bertz CT molecular complexity index is 909. The number of phenols is 1. The number of hydrogen-bond donors (Lipinski definition) is 2. The first kappa shape index (κ1) is 16.8. The van der Waals surface area contributed by atoms with E-state index in [1.807, 2.05) is 52.2 Å². The monoisotopic (exact) mass is 333 g/mol. The summed E-state index contributed by atoms with van der Waals surface area (Å²) in [6.07, 6.45) is 1.78. The van der Waals surface area contributed by atoms with Gasteiger partial charge in [0.05, 0.1) is 0 Å². The molecule has 0 aliphatic heterocycles. The second-order valence-electron chi connectivity index (χ2n) is 6.56. The Balaban J connectivity index is 2.12. The van der Waals surface area contributed by atoms with E-state index in [0.717, 1.165) is 39.1 Å². The molecule has 0 saturated heterocycles. The van der Waals surface area contributed by atoms with Crippen molar-refractivity contribution >= 4 is 11.5 Å². The Kier molecular flexibility index (Phi) is 4.36. The number of nitrogen functional groups attached to an aromatic ring is 1. The van der Waals surface area contributed by atoms with Gasteiger partial charge >= 0.3 is 0 Å². The van der Waals surface area contributed by atoms with E-state index in [2.05, 4.69) is 28.1 Å². The summed E-state index contributed by atoms with van der Waals surface area (Å²) in [6, 6.07) is 14.2. The van der Waals surface area contributed by atoms with Crippen LogP contribution in [0.25, 0.3) is 22.3 Å². The van der Waals surface area contributed by atoms with Crippen molar-refractivity contribution in [2.75, 3.05) is 24.7 Å². The molecule has 25 heavy (non-hydrogen) atoms. The first-order valence-electron chi connectivity index (χ1n) is 8.20. The smallest absolute Gasteiger partial charge is 0.131 e. The maximum absolute atomic E-state index is 10.00. The fourth-order valence-electron chi connectivity index (χ4n) is 2.94. The van der Waals surface area contributed by atoms with Crippen molar-refractivity contribution in [1.82, 2.24) is 4.98 Å². The average molecular weight is 333 g/mol. The number of pyridine rings is 1. The summed E-state index contributed by atoms with van der Waals surface area (Å²) < 4.78 is 0. The molecule has 0 aliphatic carbocycles. The molecule has 4 nitrogen and oxygen atoms in total. The third-order valence-electron chi connectivity index (χ3n) is 4.42. The normalized spacial score (nSPS) is 10.7. The van der Waals surface area contributed by atoms with Crippen LogP contribution in [-0.4, -0.2) is 24.2 Å². The molecule has 3 rings (SSSR count). The number of phenolic OH excluding ortho intramolecular Hbond substituents is 1. The molecule has 4 heteroatoms. The first-order chi connectivity index (χ1) is 11.9.